The molecule has 0 aliphatic rings. The van der Waals surface area contributed by atoms with Crippen LogP contribution in [-0.4, -0.2) is 18.2 Å². The van der Waals surface area contributed by atoms with Gasteiger partial charge >= 0.3 is 6.09 Å². The van der Waals surface area contributed by atoms with Gasteiger partial charge in [-0.25, -0.2) is 4.79 Å². The number of nitrogens with zero attached hydrogens (tertiary/aromatic N) is 3. The van der Waals surface area contributed by atoms with Gasteiger partial charge in [-0.3, -0.25) is 5.32 Å². The highest BCUT2D eigenvalue weighted by Gasteiger charge is 2.30. The summed E-state index contributed by atoms with van der Waals surface area (Å²) in [6.45, 7) is 9.92. The maximum atomic E-state index is 12.1. The van der Waals surface area contributed by atoms with E-state index in [0.717, 1.165) is 18.4 Å². The number of amides is 1. The molecule has 0 aliphatic heterocycles. The summed E-state index contributed by atoms with van der Waals surface area (Å²) < 4.78 is 5.17. The Balaban J connectivity index is 3.04. The summed E-state index contributed by atoms with van der Waals surface area (Å²) in [6, 6.07) is 8.95. The van der Waals surface area contributed by atoms with E-state index in [0.29, 0.717) is 12.2 Å². The maximum absolute atomic E-state index is 12.1. The van der Waals surface area contributed by atoms with Crippen molar-refractivity contribution >= 4 is 6.09 Å². The van der Waals surface area contributed by atoms with E-state index >= 15 is 0 Å². The molecule has 130 valence electrons. The van der Waals surface area contributed by atoms with E-state index in [4.69, 9.17) is 10.00 Å². The van der Waals surface area contributed by atoms with Gasteiger partial charge in [0.05, 0.1) is 23.8 Å². The zero-order chi connectivity index (χ0) is 18.2. The Bertz CT molecular complexity index is 611. The Morgan fingerprint density at radius 3 is 2.33 bits per heavy atom. The van der Waals surface area contributed by atoms with Gasteiger partial charge in [0, 0.05) is 5.56 Å². The topological polar surface area (TPSA) is 86.8 Å². The molecule has 6 nitrogen and oxygen atoms in total. The zero-order valence-electron chi connectivity index (χ0n) is 15.1. The van der Waals surface area contributed by atoms with Crippen LogP contribution in [0.25, 0.3) is 0 Å². The van der Waals surface area contributed by atoms with Crippen molar-refractivity contribution < 1.29 is 9.53 Å². The summed E-state index contributed by atoms with van der Waals surface area (Å²) in [7, 11) is 0. The molecular weight excluding hydrogens is 304 g/mol. The minimum absolute atomic E-state index is 0.363. The molecule has 24 heavy (non-hydrogen) atoms. The molecule has 0 heterocycles. The highest BCUT2D eigenvalue weighted by atomic mass is 16.5. The summed E-state index contributed by atoms with van der Waals surface area (Å²) in [6.07, 6.45) is 1.22. The van der Waals surface area contributed by atoms with E-state index in [9.17, 15) is 4.79 Å². The highest BCUT2D eigenvalue weighted by Crippen LogP contribution is 2.25. The fraction of sp³-hybridized carbons (Fsp3) is 0.556. The molecule has 0 spiro atoms. The monoisotopic (exact) mass is 330 g/mol. The molecule has 1 N–H and O–H groups in total. The van der Waals surface area contributed by atoms with Crippen molar-refractivity contribution in [2.75, 3.05) is 6.61 Å². The smallest absolute Gasteiger partial charge is 0.409 e. The standard InChI is InChI=1S/C18H26N4O2/c1-6-7-12-24-16(23)20-18(5,22-21-17(2,3)4)15-10-8-14(13-19)9-11-15/h8-11H,6-7,12H2,1-5H3,(H,20,23)/b22-21+. The van der Waals surface area contributed by atoms with Gasteiger partial charge < -0.3 is 4.74 Å². The second-order valence-corrected chi connectivity index (χ2v) is 6.75. The van der Waals surface area contributed by atoms with Crippen LogP contribution in [0.4, 0.5) is 4.79 Å². The lowest BCUT2D eigenvalue weighted by molar-refractivity contribution is 0.132. The number of nitriles is 1. The van der Waals surface area contributed by atoms with Crippen molar-refractivity contribution in [2.24, 2.45) is 10.2 Å². The average Bonchev–Trinajstić information content (AvgIpc) is 2.53. The molecule has 6 heteroatoms. The SMILES string of the molecule is CCCCOC(=O)NC(C)(/N=N/C(C)(C)C)c1ccc(C#N)cc1. The van der Waals surface area contributed by atoms with E-state index in [1.165, 1.54) is 0 Å². The van der Waals surface area contributed by atoms with Gasteiger partial charge in [0.2, 0.25) is 0 Å². The third kappa shape index (κ3) is 6.37. The first-order valence-corrected chi connectivity index (χ1v) is 8.10. The summed E-state index contributed by atoms with van der Waals surface area (Å²) in [4.78, 5) is 12.1. The lowest BCUT2D eigenvalue weighted by atomic mass is 10.0. The van der Waals surface area contributed by atoms with Gasteiger partial charge in [0.25, 0.3) is 0 Å². The lowest BCUT2D eigenvalue weighted by Crippen LogP contribution is -2.42. The lowest BCUT2D eigenvalue weighted by Gasteiger charge is -2.27. The fourth-order valence-corrected chi connectivity index (χ4v) is 1.82. The Hall–Kier alpha value is -2.42. The van der Waals surface area contributed by atoms with Gasteiger partial charge in [0.1, 0.15) is 0 Å². The third-order valence-electron chi connectivity index (χ3n) is 3.20. The van der Waals surface area contributed by atoms with E-state index < -0.39 is 11.8 Å². The summed E-state index contributed by atoms with van der Waals surface area (Å²) >= 11 is 0. The maximum Gasteiger partial charge on any atom is 0.409 e. The summed E-state index contributed by atoms with van der Waals surface area (Å²) in [5, 5.41) is 20.3. The number of carbonyl (C=O) groups is 1. The second kappa shape index (κ2) is 8.44. The largest absolute Gasteiger partial charge is 0.450 e. The quantitative estimate of drug-likeness (QED) is 0.615. The highest BCUT2D eigenvalue weighted by molar-refractivity contribution is 5.68. The third-order valence-corrected chi connectivity index (χ3v) is 3.20. The van der Waals surface area contributed by atoms with Crippen LogP contribution in [0.5, 0.6) is 0 Å². The molecule has 1 aromatic carbocycles. The van der Waals surface area contributed by atoms with Gasteiger partial charge in [-0.05, 0) is 46.2 Å². The van der Waals surface area contributed by atoms with Crippen molar-refractivity contribution in [1.82, 2.24) is 5.32 Å². The number of hydrogen-bond acceptors (Lipinski definition) is 5. The van der Waals surface area contributed by atoms with Crippen LogP contribution < -0.4 is 5.32 Å². The predicted octanol–water partition coefficient (Wildman–Crippen LogP) is 4.51. The molecule has 0 fully saturated rings. The molecule has 0 saturated carbocycles. The number of carbonyl (C=O) groups excluding carboxylic acids is 1. The van der Waals surface area contributed by atoms with Gasteiger partial charge in [-0.2, -0.15) is 15.5 Å². The molecule has 1 atom stereocenters. The Kier molecular flexibility index (Phi) is 6.90. The fourth-order valence-electron chi connectivity index (χ4n) is 1.82. The predicted molar refractivity (Wildman–Crippen MR) is 92.5 cm³/mol. The van der Waals surface area contributed by atoms with Crippen LogP contribution in [0.1, 0.15) is 58.6 Å². The van der Waals surface area contributed by atoms with Crippen LogP contribution in [0.15, 0.2) is 34.5 Å². The van der Waals surface area contributed by atoms with E-state index in [1.807, 2.05) is 27.7 Å². The molecular formula is C18H26N4O2. The number of nitrogens with one attached hydrogen (secondary N) is 1. The van der Waals surface area contributed by atoms with Crippen LogP contribution in [0.2, 0.25) is 0 Å². The minimum atomic E-state index is -1.06. The van der Waals surface area contributed by atoms with Crippen molar-refractivity contribution in [3.05, 3.63) is 35.4 Å². The van der Waals surface area contributed by atoms with Crippen molar-refractivity contribution in [3.63, 3.8) is 0 Å². The molecule has 1 amide bonds. The van der Waals surface area contributed by atoms with Crippen LogP contribution >= 0.6 is 0 Å². The number of unbranched alkanes of at least 4 members (excludes halogenated alkanes) is 1. The zero-order valence-corrected chi connectivity index (χ0v) is 15.1. The number of azo groups is 1. The Labute approximate surface area is 143 Å². The number of rotatable bonds is 6. The van der Waals surface area contributed by atoms with E-state index in [1.54, 1.807) is 31.2 Å². The van der Waals surface area contributed by atoms with Crippen molar-refractivity contribution in [2.45, 2.75) is 58.7 Å². The molecule has 0 aliphatic carbocycles. The first-order chi connectivity index (χ1) is 11.2. The molecule has 1 rings (SSSR count). The second-order valence-electron chi connectivity index (χ2n) is 6.75. The summed E-state index contributed by atoms with van der Waals surface area (Å²) in [5.74, 6) is 0. The average molecular weight is 330 g/mol. The van der Waals surface area contributed by atoms with Gasteiger partial charge in [-0.15, -0.1) is 0 Å². The Morgan fingerprint density at radius 2 is 1.83 bits per heavy atom. The van der Waals surface area contributed by atoms with Crippen molar-refractivity contribution in [1.29, 1.82) is 5.26 Å². The van der Waals surface area contributed by atoms with Crippen LogP contribution in [0, 0.1) is 11.3 Å². The minimum Gasteiger partial charge on any atom is -0.450 e. The normalized spacial score (nSPS) is 14.0. The molecule has 0 aromatic heterocycles. The number of alkyl carbamates (subject to hydrolysis) is 1. The van der Waals surface area contributed by atoms with Crippen LogP contribution in [-0.2, 0) is 10.4 Å². The summed E-state index contributed by atoms with van der Waals surface area (Å²) in [5.41, 5.74) is -0.173. The first-order valence-electron chi connectivity index (χ1n) is 8.10. The molecule has 0 bridgehead atoms. The first kappa shape index (κ1) is 19.6. The molecule has 0 radical (unpaired) electrons. The number of ether oxygens (including phenoxy) is 1. The van der Waals surface area contributed by atoms with E-state index in [-0.39, 0.29) is 5.54 Å². The number of benzene rings is 1. The molecule has 1 aromatic rings. The van der Waals surface area contributed by atoms with Gasteiger partial charge in [-0.1, -0.05) is 25.5 Å². The molecule has 0 saturated heterocycles. The van der Waals surface area contributed by atoms with Gasteiger partial charge in [0.15, 0.2) is 5.66 Å². The van der Waals surface area contributed by atoms with E-state index in [2.05, 4.69) is 21.6 Å². The molecule has 1 unspecified atom stereocenters. The number of hydrogen-bond donors (Lipinski definition) is 1. The Morgan fingerprint density at radius 1 is 1.21 bits per heavy atom. The van der Waals surface area contributed by atoms with Crippen LogP contribution in [0.3, 0.4) is 0 Å². The van der Waals surface area contributed by atoms with Crippen molar-refractivity contribution in [3.8, 4) is 6.07 Å².